The first-order valence-electron chi connectivity index (χ1n) is 7.08. The van der Waals surface area contributed by atoms with Gasteiger partial charge in [0.2, 0.25) is 5.95 Å². The second-order valence-corrected chi connectivity index (χ2v) is 5.76. The third-order valence-electron chi connectivity index (χ3n) is 3.85. The van der Waals surface area contributed by atoms with E-state index in [4.69, 9.17) is 12.2 Å². The average Bonchev–Trinajstić information content (AvgIpc) is 2.73. The molecule has 0 radical (unpaired) electrons. The van der Waals surface area contributed by atoms with E-state index < -0.39 is 0 Å². The highest BCUT2D eigenvalue weighted by molar-refractivity contribution is 7.71. The Morgan fingerprint density at radius 2 is 2.06 bits per heavy atom. The molecular weight excluding hydrogens is 244 g/mol. The van der Waals surface area contributed by atoms with Gasteiger partial charge < -0.3 is 4.90 Å². The van der Waals surface area contributed by atoms with Gasteiger partial charge in [-0.3, -0.25) is 4.57 Å². The van der Waals surface area contributed by atoms with Gasteiger partial charge in [-0.2, -0.15) is 0 Å². The summed E-state index contributed by atoms with van der Waals surface area (Å²) < 4.78 is 3.02. The monoisotopic (exact) mass is 268 g/mol. The van der Waals surface area contributed by atoms with Crippen molar-refractivity contribution in [1.82, 2.24) is 14.8 Å². The van der Waals surface area contributed by atoms with Crippen molar-refractivity contribution in [2.24, 2.45) is 0 Å². The minimum Gasteiger partial charge on any atom is -0.339 e. The molecule has 0 aliphatic heterocycles. The number of anilines is 1. The van der Waals surface area contributed by atoms with E-state index in [-0.39, 0.29) is 0 Å². The van der Waals surface area contributed by atoms with Crippen molar-refractivity contribution in [2.45, 2.75) is 65.0 Å². The lowest BCUT2D eigenvalue weighted by Gasteiger charge is -2.30. The number of hydrogen-bond donors (Lipinski definition) is 1. The Kier molecular flexibility index (Phi) is 4.43. The molecule has 1 aromatic rings. The van der Waals surface area contributed by atoms with Crippen molar-refractivity contribution in [3.05, 3.63) is 4.77 Å². The van der Waals surface area contributed by atoms with Crippen LogP contribution in [0.4, 0.5) is 5.95 Å². The van der Waals surface area contributed by atoms with E-state index in [0.29, 0.717) is 12.1 Å². The number of rotatable bonds is 4. The predicted octanol–water partition coefficient (Wildman–Crippen LogP) is 3.68. The van der Waals surface area contributed by atoms with Crippen LogP contribution in [0.1, 0.15) is 58.9 Å². The molecule has 1 N–H and O–H groups in total. The van der Waals surface area contributed by atoms with E-state index in [2.05, 4.69) is 40.4 Å². The number of aromatic amines is 1. The molecule has 1 aromatic heterocycles. The van der Waals surface area contributed by atoms with Gasteiger partial charge in [0.15, 0.2) is 4.77 Å². The molecule has 1 aliphatic rings. The molecule has 0 unspecified atom stereocenters. The van der Waals surface area contributed by atoms with Crippen LogP contribution in [0.5, 0.6) is 0 Å². The van der Waals surface area contributed by atoms with E-state index in [9.17, 15) is 0 Å². The molecule has 2 rings (SSSR count). The van der Waals surface area contributed by atoms with Crippen LogP contribution >= 0.6 is 12.2 Å². The van der Waals surface area contributed by atoms with Gasteiger partial charge in [0, 0.05) is 18.6 Å². The Bertz CT molecular complexity index is 428. The second-order valence-electron chi connectivity index (χ2n) is 5.37. The lowest BCUT2D eigenvalue weighted by Crippen LogP contribution is -2.34. The van der Waals surface area contributed by atoms with E-state index in [1.54, 1.807) is 0 Å². The summed E-state index contributed by atoms with van der Waals surface area (Å²) in [7, 11) is 0. The molecule has 0 saturated heterocycles. The van der Waals surface area contributed by atoms with Crippen molar-refractivity contribution in [3.8, 4) is 0 Å². The van der Waals surface area contributed by atoms with Crippen molar-refractivity contribution < 1.29 is 0 Å². The van der Waals surface area contributed by atoms with Gasteiger partial charge in [0.05, 0.1) is 0 Å². The summed E-state index contributed by atoms with van der Waals surface area (Å²) in [5, 5.41) is 7.43. The first-order chi connectivity index (χ1) is 8.65. The summed E-state index contributed by atoms with van der Waals surface area (Å²) in [6.45, 7) is 7.53. The van der Waals surface area contributed by atoms with Crippen LogP contribution < -0.4 is 4.90 Å². The molecule has 1 saturated carbocycles. The lowest BCUT2D eigenvalue weighted by molar-refractivity contribution is 0.349. The van der Waals surface area contributed by atoms with Crippen LogP contribution in [-0.2, 0) is 0 Å². The first-order valence-corrected chi connectivity index (χ1v) is 7.49. The SMILES string of the molecule is CCN(c1n[nH]c(=S)n1C1CCCCC1)C(C)C. The fourth-order valence-corrected chi connectivity index (χ4v) is 3.18. The molecule has 1 fully saturated rings. The molecule has 4 nitrogen and oxygen atoms in total. The third-order valence-corrected chi connectivity index (χ3v) is 4.13. The van der Waals surface area contributed by atoms with Gasteiger partial charge >= 0.3 is 0 Å². The minimum absolute atomic E-state index is 0.447. The Morgan fingerprint density at radius 1 is 1.39 bits per heavy atom. The molecule has 0 bridgehead atoms. The smallest absolute Gasteiger partial charge is 0.226 e. The van der Waals surface area contributed by atoms with Gasteiger partial charge in [0.25, 0.3) is 0 Å². The zero-order valence-corrected chi connectivity index (χ0v) is 12.5. The largest absolute Gasteiger partial charge is 0.339 e. The third kappa shape index (κ3) is 2.60. The highest BCUT2D eigenvalue weighted by Gasteiger charge is 2.23. The van der Waals surface area contributed by atoms with Crippen molar-refractivity contribution in [1.29, 1.82) is 0 Å². The number of H-pyrrole nitrogens is 1. The Balaban J connectivity index is 2.33. The summed E-state index contributed by atoms with van der Waals surface area (Å²) in [6, 6.07) is 0.982. The van der Waals surface area contributed by atoms with Gasteiger partial charge in [0.1, 0.15) is 0 Å². The summed E-state index contributed by atoms with van der Waals surface area (Å²) in [4.78, 5) is 2.31. The molecule has 1 heterocycles. The Labute approximate surface area is 114 Å². The molecule has 0 aromatic carbocycles. The number of nitrogens with one attached hydrogen (secondary N) is 1. The Morgan fingerprint density at radius 3 is 2.61 bits per heavy atom. The van der Waals surface area contributed by atoms with Crippen LogP contribution in [0.3, 0.4) is 0 Å². The maximum Gasteiger partial charge on any atom is 0.226 e. The average molecular weight is 268 g/mol. The summed E-state index contributed by atoms with van der Waals surface area (Å²) in [5.74, 6) is 1.02. The minimum atomic E-state index is 0.447. The summed E-state index contributed by atoms with van der Waals surface area (Å²) in [5.41, 5.74) is 0. The number of hydrogen-bond acceptors (Lipinski definition) is 3. The standard InChI is InChI=1S/C13H24N4S/c1-4-16(10(2)3)12-14-15-13(18)17(12)11-8-6-5-7-9-11/h10-11H,4-9H2,1-3H3,(H,15,18). The molecule has 0 atom stereocenters. The number of aromatic nitrogens is 3. The van der Waals surface area contributed by atoms with Crippen LogP contribution in [-0.4, -0.2) is 27.4 Å². The van der Waals surface area contributed by atoms with Gasteiger partial charge in [-0.05, 0) is 45.8 Å². The van der Waals surface area contributed by atoms with Gasteiger partial charge in [-0.25, -0.2) is 5.10 Å². The highest BCUT2D eigenvalue weighted by atomic mass is 32.1. The topological polar surface area (TPSA) is 36.9 Å². The maximum absolute atomic E-state index is 5.43. The zero-order valence-electron chi connectivity index (χ0n) is 11.6. The van der Waals surface area contributed by atoms with Gasteiger partial charge in [-0.1, -0.05) is 19.3 Å². The predicted molar refractivity (Wildman–Crippen MR) is 77.7 cm³/mol. The van der Waals surface area contributed by atoms with Crippen molar-refractivity contribution in [2.75, 3.05) is 11.4 Å². The fourth-order valence-electron chi connectivity index (χ4n) is 2.90. The molecule has 102 valence electrons. The van der Waals surface area contributed by atoms with E-state index in [0.717, 1.165) is 17.3 Å². The van der Waals surface area contributed by atoms with Crippen molar-refractivity contribution in [3.63, 3.8) is 0 Å². The quantitative estimate of drug-likeness (QED) is 0.846. The van der Waals surface area contributed by atoms with E-state index in [1.807, 2.05) is 0 Å². The fraction of sp³-hybridized carbons (Fsp3) is 0.846. The lowest BCUT2D eigenvalue weighted by atomic mass is 9.95. The number of nitrogens with zero attached hydrogens (tertiary/aromatic N) is 3. The van der Waals surface area contributed by atoms with Crippen molar-refractivity contribution >= 4 is 18.2 Å². The second kappa shape index (κ2) is 5.87. The van der Waals surface area contributed by atoms with E-state index >= 15 is 0 Å². The highest BCUT2D eigenvalue weighted by Crippen LogP contribution is 2.31. The molecular formula is C13H24N4S. The molecule has 18 heavy (non-hydrogen) atoms. The zero-order chi connectivity index (χ0) is 13.1. The Hall–Kier alpha value is -0.840. The molecule has 1 aliphatic carbocycles. The van der Waals surface area contributed by atoms with Gasteiger partial charge in [-0.15, -0.1) is 5.10 Å². The van der Waals surface area contributed by atoms with Crippen LogP contribution in [0, 0.1) is 4.77 Å². The normalized spacial score (nSPS) is 17.3. The first kappa shape index (κ1) is 13.6. The van der Waals surface area contributed by atoms with Crippen LogP contribution in [0.25, 0.3) is 0 Å². The molecule has 0 spiro atoms. The summed E-state index contributed by atoms with van der Waals surface area (Å²) in [6.07, 6.45) is 6.45. The molecule has 0 amide bonds. The summed E-state index contributed by atoms with van der Waals surface area (Å²) >= 11 is 5.43. The van der Waals surface area contributed by atoms with Crippen LogP contribution in [0.2, 0.25) is 0 Å². The maximum atomic E-state index is 5.43. The van der Waals surface area contributed by atoms with Crippen LogP contribution in [0.15, 0.2) is 0 Å². The van der Waals surface area contributed by atoms with E-state index in [1.165, 1.54) is 32.1 Å². The molecule has 5 heteroatoms.